The van der Waals surface area contributed by atoms with Crippen LogP contribution in [0, 0.1) is 0 Å². The first-order valence-electron chi connectivity index (χ1n) is 23.4. The van der Waals surface area contributed by atoms with Crippen LogP contribution in [-0.4, -0.2) is 165 Å². The number of piperazine rings is 1. The number of likely N-dealkylation sites (tertiary alicyclic amines) is 1. The molecule has 3 aliphatic rings. The number of imide groups is 1. The van der Waals surface area contributed by atoms with Gasteiger partial charge in [-0.2, -0.15) is 0 Å². The Morgan fingerprint density at radius 3 is 2.12 bits per heavy atom. The van der Waals surface area contributed by atoms with E-state index in [2.05, 4.69) is 51.6 Å². The van der Waals surface area contributed by atoms with Gasteiger partial charge in [-0.3, -0.25) is 58.6 Å². The van der Waals surface area contributed by atoms with E-state index in [0.717, 1.165) is 39.0 Å². The van der Waals surface area contributed by atoms with Crippen molar-refractivity contribution in [2.75, 3.05) is 88.8 Å². The van der Waals surface area contributed by atoms with Gasteiger partial charge in [-0.05, 0) is 82.7 Å². The van der Waals surface area contributed by atoms with Gasteiger partial charge in [-0.1, -0.05) is 24.3 Å². The Labute approximate surface area is 392 Å². The van der Waals surface area contributed by atoms with Gasteiger partial charge in [0.1, 0.15) is 12.1 Å². The van der Waals surface area contributed by atoms with Gasteiger partial charge < -0.3 is 48.7 Å². The van der Waals surface area contributed by atoms with E-state index in [0.29, 0.717) is 101 Å². The van der Waals surface area contributed by atoms with Crippen molar-refractivity contribution >= 4 is 64.4 Å². The van der Waals surface area contributed by atoms with E-state index in [1.807, 2.05) is 24.3 Å². The summed E-state index contributed by atoms with van der Waals surface area (Å²) >= 11 is 0. The molecule has 0 saturated carbocycles. The van der Waals surface area contributed by atoms with Crippen LogP contribution in [0.5, 0.6) is 0 Å². The maximum atomic E-state index is 13.9. The Hall–Kier alpha value is -6.00. The standard InChI is InChI=1S/C46H70N14O7/c1-31(42(64)56-37(12-7-8-19-47)45(67)53-32(2)61)52-44(66)36(13-9-20-51-46(48)49)50-21-25-58-28-26-57(27-29-58)24-18-40(62)54-33-16-22-59(23-17-33)30-41(63)60-38-14-5-3-10-34(38)43(65)55-35-11-4-6-15-39(35)60/h3-6,10-11,14-15,31,33,36-37,50H,7-9,12-13,16-30,47H2,1-2H3,(H,52,66)(H,54,62)(H,55,65)(H,56,64)(H4,48,49,51)(H,53,61,67)/t31-,36-,37-/m0/s1. The van der Waals surface area contributed by atoms with E-state index in [-0.39, 0.29) is 48.6 Å². The number of piperidine rings is 1. The second-order valence-corrected chi connectivity index (χ2v) is 17.3. The second-order valence-electron chi connectivity index (χ2n) is 17.3. The molecule has 0 radical (unpaired) electrons. The molecule has 7 amide bonds. The lowest BCUT2D eigenvalue weighted by Gasteiger charge is -2.35. The van der Waals surface area contributed by atoms with Crippen molar-refractivity contribution in [2.24, 2.45) is 22.2 Å². The van der Waals surface area contributed by atoms with Gasteiger partial charge in [0.2, 0.25) is 35.4 Å². The minimum Gasteiger partial charge on any atom is -0.370 e. The van der Waals surface area contributed by atoms with Crippen LogP contribution in [0.1, 0.15) is 75.6 Å². The molecule has 2 fully saturated rings. The highest BCUT2D eigenvalue weighted by molar-refractivity contribution is 6.18. The van der Waals surface area contributed by atoms with Crippen LogP contribution >= 0.6 is 0 Å². The van der Waals surface area contributed by atoms with Gasteiger partial charge in [0.15, 0.2) is 5.96 Å². The Kier molecular flexibility index (Phi) is 20.5. The predicted molar refractivity (Wildman–Crippen MR) is 256 cm³/mol. The molecular formula is C46H70N14O7. The van der Waals surface area contributed by atoms with Gasteiger partial charge in [-0.15, -0.1) is 0 Å². The molecule has 366 valence electrons. The molecule has 3 atom stereocenters. The molecule has 21 nitrogen and oxygen atoms in total. The summed E-state index contributed by atoms with van der Waals surface area (Å²) in [5.74, 6) is -2.54. The molecule has 2 aromatic carbocycles. The van der Waals surface area contributed by atoms with E-state index in [9.17, 15) is 33.6 Å². The molecule has 0 aromatic heterocycles. The zero-order valence-electron chi connectivity index (χ0n) is 38.9. The van der Waals surface area contributed by atoms with E-state index < -0.39 is 35.8 Å². The maximum Gasteiger partial charge on any atom is 0.257 e. The normalized spacial score (nSPS) is 17.1. The molecule has 5 rings (SSSR count). The quantitative estimate of drug-likeness (QED) is 0.0379. The number of para-hydroxylation sites is 3. The molecular weight excluding hydrogens is 861 g/mol. The number of nitrogens with zero attached hydrogens (tertiary/aromatic N) is 5. The molecule has 2 saturated heterocycles. The summed E-state index contributed by atoms with van der Waals surface area (Å²) in [7, 11) is 0. The smallest absolute Gasteiger partial charge is 0.257 e. The molecule has 21 heteroatoms. The Morgan fingerprint density at radius 1 is 0.776 bits per heavy atom. The first kappa shape index (κ1) is 52.0. The number of hydrogen-bond acceptors (Lipinski definition) is 13. The number of aliphatic imine (C=N–C) groups is 1. The molecule has 0 unspecified atom stereocenters. The van der Waals surface area contributed by atoms with Crippen molar-refractivity contribution in [3.63, 3.8) is 0 Å². The summed E-state index contributed by atoms with van der Waals surface area (Å²) in [6.45, 7) is 9.99. The Bertz CT molecular complexity index is 2050. The highest BCUT2D eigenvalue weighted by Crippen LogP contribution is 2.38. The number of rotatable bonds is 23. The first-order valence-corrected chi connectivity index (χ1v) is 23.4. The molecule has 0 spiro atoms. The van der Waals surface area contributed by atoms with E-state index in [4.69, 9.17) is 17.2 Å². The number of hydrogen-bond donors (Lipinski definition) is 9. The van der Waals surface area contributed by atoms with Crippen molar-refractivity contribution in [2.45, 2.75) is 89.4 Å². The number of nitrogens with two attached hydrogens (primary N) is 3. The van der Waals surface area contributed by atoms with Gasteiger partial charge in [0.05, 0.1) is 35.2 Å². The van der Waals surface area contributed by atoms with E-state index in [1.165, 1.54) is 13.8 Å². The number of carbonyl (C=O) groups excluding carboxylic acids is 7. The molecule has 0 aliphatic carbocycles. The van der Waals surface area contributed by atoms with Crippen LogP contribution in [-0.2, 0) is 28.8 Å². The molecule has 0 bridgehead atoms. The van der Waals surface area contributed by atoms with Gasteiger partial charge in [0.25, 0.3) is 5.91 Å². The third-order valence-corrected chi connectivity index (χ3v) is 12.2. The summed E-state index contributed by atoms with van der Waals surface area (Å²) in [4.78, 5) is 103. The Morgan fingerprint density at radius 2 is 1.43 bits per heavy atom. The van der Waals surface area contributed by atoms with E-state index in [1.54, 1.807) is 29.2 Å². The topological polar surface area (TPSA) is 295 Å². The SMILES string of the molecule is CC(=O)NC(=O)[C@H](CCCCN)NC(=O)[C@H](C)NC(=O)[C@H](CCCN=C(N)N)NCCN1CCN(CCC(=O)NC2CCN(CC(=O)N3c4ccccc4NC(=O)c4ccccc43)CC2)CC1. The summed E-state index contributed by atoms with van der Waals surface area (Å²) in [5, 5.41) is 17.1. The van der Waals surface area contributed by atoms with Crippen molar-refractivity contribution in [1.29, 1.82) is 0 Å². The highest BCUT2D eigenvalue weighted by Gasteiger charge is 2.32. The molecule has 3 aliphatic heterocycles. The van der Waals surface area contributed by atoms with E-state index >= 15 is 0 Å². The third-order valence-electron chi connectivity index (χ3n) is 12.2. The number of guanidine groups is 1. The lowest BCUT2D eigenvalue weighted by molar-refractivity contribution is -0.134. The van der Waals surface area contributed by atoms with Crippen LogP contribution in [0.2, 0.25) is 0 Å². The summed E-state index contributed by atoms with van der Waals surface area (Å²) in [6.07, 6.45) is 4.24. The van der Waals surface area contributed by atoms with Crippen molar-refractivity contribution in [1.82, 2.24) is 41.3 Å². The zero-order valence-corrected chi connectivity index (χ0v) is 38.9. The fourth-order valence-corrected chi connectivity index (χ4v) is 8.44. The molecule has 2 aromatic rings. The molecule has 3 heterocycles. The number of nitrogens with one attached hydrogen (secondary N) is 6. The summed E-state index contributed by atoms with van der Waals surface area (Å²) in [5.41, 5.74) is 18.8. The van der Waals surface area contributed by atoms with Gasteiger partial charge in [-0.25, -0.2) is 0 Å². The number of carbonyl (C=O) groups is 7. The van der Waals surface area contributed by atoms with Crippen molar-refractivity contribution in [3.05, 3.63) is 54.1 Å². The highest BCUT2D eigenvalue weighted by atomic mass is 16.2. The number of benzene rings is 2. The largest absolute Gasteiger partial charge is 0.370 e. The van der Waals surface area contributed by atoms with Crippen LogP contribution in [0.25, 0.3) is 0 Å². The summed E-state index contributed by atoms with van der Waals surface area (Å²) < 4.78 is 0. The number of amides is 7. The minimum absolute atomic E-state index is 0.00729. The fourth-order valence-electron chi connectivity index (χ4n) is 8.44. The van der Waals surface area contributed by atoms with Crippen LogP contribution in [0.15, 0.2) is 53.5 Å². The predicted octanol–water partition coefficient (Wildman–Crippen LogP) is -0.702. The van der Waals surface area contributed by atoms with Crippen LogP contribution in [0.4, 0.5) is 17.1 Å². The van der Waals surface area contributed by atoms with Crippen molar-refractivity contribution < 1.29 is 33.6 Å². The zero-order chi connectivity index (χ0) is 48.3. The number of fused-ring (bicyclic) bond motifs is 2. The maximum absolute atomic E-state index is 13.9. The number of anilines is 3. The molecule has 12 N–H and O–H groups in total. The molecule has 67 heavy (non-hydrogen) atoms. The van der Waals surface area contributed by atoms with Crippen LogP contribution < -0.4 is 54.0 Å². The lowest BCUT2D eigenvalue weighted by atomic mass is 10.0. The number of unbranched alkanes of at least 4 members (excludes halogenated alkanes) is 1. The van der Waals surface area contributed by atoms with Gasteiger partial charge in [0, 0.05) is 84.8 Å². The van der Waals surface area contributed by atoms with Gasteiger partial charge >= 0.3 is 0 Å². The monoisotopic (exact) mass is 931 g/mol. The van der Waals surface area contributed by atoms with Crippen LogP contribution in [0.3, 0.4) is 0 Å². The lowest BCUT2D eigenvalue weighted by Crippen LogP contribution is -2.56. The fraction of sp³-hybridized carbons (Fsp3) is 0.565. The summed E-state index contributed by atoms with van der Waals surface area (Å²) in [6, 6.07) is 11.9. The van der Waals surface area contributed by atoms with Crippen molar-refractivity contribution in [3.8, 4) is 0 Å². The minimum atomic E-state index is -0.968. The Balaban J connectivity index is 1.00. The first-order chi connectivity index (χ1) is 32.2. The average Bonchev–Trinajstić information content (AvgIpc) is 3.42. The second kappa shape index (κ2) is 26.4. The third kappa shape index (κ3) is 16.4. The average molecular weight is 931 g/mol.